The van der Waals surface area contributed by atoms with Crippen LogP contribution in [-0.4, -0.2) is 19.9 Å². The van der Waals surface area contributed by atoms with Crippen LogP contribution in [0.25, 0.3) is 0 Å². The molecule has 0 aliphatic rings. The van der Waals surface area contributed by atoms with Crippen molar-refractivity contribution in [2.45, 2.75) is 0 Å². The Labute approximate surface area is 79.4 Å². The zero-order valence-electron chi connectivity index (χ0n) is 7.11. The molecule has 4 nitrogen and oxygen atoms in total. The molecule has 0 radical (unpaired) electrons. The van der Waals surface area contributed by atoms with Crippen LogP contribution in [0, 0.1) is 11.6 Å². The lowest BCUT2D eigenvalue weighted by Gasteiger charge is -2.14. The summed E-state index contributed by atoms with van der Waals surface area (Å²) in [5, 5.41) is 9.01. The van der Waals surface area contributed by atoms with E-state index in [0.717, 1.165) is 12.1 Å². The van der Waals surface area contributed by atoms with E-state index in [0.29, 0.717) is 12.3 Å². The third-order valence-electron chi connectivity index (χ3n) is 1.43. The van der Waals surface area contributed by atoms with Crippen molar-refractivity contribution in [1.29, 1.82) is 0 Å². The fourth-order valence-corrected chi connectivity index (χ4v) is 1.32. The van der Waals surface area contributed by atoms with Gasteiger partial charge < -0.3 is 0 Å². The lowest BCUT2D eigenvalue weighted by Crippen LogP contribution is -2.26. The highest BCUT2D eigenvalue weighted by Crippen LogP contribution is 2.20. The van der Waals surface area contributed by atoms with Gasteiger partial charge in [-0.1, -0.05) is 0 Å². The Hall–Kier alpha value is -1.21. The van der Waals surface area contributed by atoms with Crippen LogP contribution in [0.1, 0.15) is 0 Å². The molecule has 0 fully saturated rings. The number of rotatable bonds is 2. The summed E-state index contributed by atoms with van der Waals surface area (Å²) in [6.07, 6.45) is 0.690. The summed E-state index contributed by atoms with van der Waals surface area (Å²) in [6.45, 7) is 0. The SMILES string of the molecule is CS(=O)(=O)N(O)c1ccc(F)cc1F. The monoisotopic (exact) mass is 223 g/mol. The minimum atomic E-state index is -3.96. The van der Waals surface area contributed by atoms with Gasteiger partial charge in [0.15, 0.2) is 5.82 Å². The quantitative estimate of drug-likeness (QED) is 0.764. The molecule has 0 saturated carbocycles. The van der Waals surface area contributed by atoms with Gasteiger partial charge >= 0.3 is 0 Å². The van der Waals surface area contributed by atoms with Crippen LogP contribution in [0.5, 0.6) is 0 Å². The molecule has 0 spiro atoms. The van der Waals surface area contributed by atoms with Gasteiger partial charge in [0.2, 0.25) is 0 Å². The molecular weight excluding hydrogens is 216 g/mol. The van der Waals surface area contributed by atoms with Crippen molar-refractivity contribution in [2.24, 2.45) is 0 Å². The van der Waals surface area contributed by atoms with Crippen LogP contribution < -0.4 is 4.47 Å². The van der Waals surface area contributed by atoms with Crippen LogP contribution >= 0.6 is 0 Å². The summed E-state index contributed by atoms with van der Waals surface area (Å²) < 4.78 is 46.7. The van der Waals surface area contributed by atoms with Crippen LogP contribution in [-0.2, 0) is 10.0 Å². The molecule has 1 rings (SSSR count). The largest absolute Gasteiger partial charge is 0.274 e. The number of hydrogen-bond donors (Lipinski definition) is 1. The predicted molar refractivity (Wildman–Crippen MR) is 45.5 cm³/mol. The fraction of sp³-hybridized carbons (Fsp3) is 0.143. The Kier molecular flexibility index (Phi) is 2.72. The maximum absolute atomic E-state index is 12.9. The van der Waals surface area contributed by atoms with Gasteiger partial charge in [-0.25, -0.2) is 17.2 Å². The fourth-order valence-electron chi connectivity index (χ4n) is 0.815. The van der Waals surface area contributed by atoms with Crippen molar-refractivity contribution in [3.8, 4) is 0 Å². The first-order chi connectivity index (χ1) is 6.32. The number of halogens is 2. The number of anilines is 1. The van der Waals surface area contributed by atoms with E-state index in [4.69, 9.17) is 5.21 Å². The van der Waals surface area contributed by atoms with Gasteiger partial charge in [0, 0.05) is 6.07 Å². The molecule has 0 amide bonds. The topological polar surface area (TPSA) is 57.6 Å². The zero-order chi connectivity index (χ0) is 10.9. The summed E-state index contributed by atoms with van der Waals surface area (Å²) in [7, 11) is -3.96. The van der Waals surface area contributed by atoms with E-state index in [1.165, 1.54) is 0 Å². The molecule has 0 bridgehead atoms. The van der Waals surface area contributed by atoms with Crippen LogP contribution in [0.15, 0.2) is 18.2 Å². The van der Waals surface area contributed by atoms with Gasteiger partial charge in [0.05, 0.1) is 6.26 Å². The van der Waals surface area contributed by atoms with E-state index in [9.17, 15) is 17.2 Å². The Morgan fingerprint density at radius 1 is 1.36 bits per heavy atom. The van der Waals surface area contributed by atoms with Gasteiger partial charge in [-0.3, -0.25) is 5.21 Å². The summed E-state index contributed by atoms with van der Waals surface area (Å²) in [4.78, 5) is 0. The summed E-state index contributed by atoms with van der Waals surface area (Å²) in [5.41, 5.74) is -0.617. The molecule has 1 aromatic carbocycles. The highest BCUT2D eigenvalue weighted by molar-refractivity contribution is 7.91. The molecule has 0 aliphatic heterocycles. The van der Waals surface area contributed by atoms with Crippen LogP contribution in [0.4, 0.5) is 14.5 Å². The van der Waals surface area contributed by atoms with E-state index in [1.807, 2.05) is 0 Å². The van der Waals surface area contributed by atoms with Crippen molar-refractivity contribution in [2.75, 3.05) is 10.7 Å². The van der Waals surface area contributed by atoms with Crippen molar-refractivity contribution in [3.63, 3.8) is 0 Å². The Bertz CT molecular complexity index is 446. The molecule has 1 aromatic rings. The summed E-state index contributed by atoms with van der Waals surface area (Å²) >= 11 is 0. The average Bonchev–Trinajstić information content (AvgIpc) is 2.01. The first-order valence-electron chi connectivity index (χ1n) is 3.46. The molecule has 78 valence electrons. The highest BCUT2D eigenvalue weighted by Gasteiger charge is 2.18. The predicted octanol–water partition coefficient (Wildman–Crippen LogP) is 1.12. The molecule has 0 unspecified atom stereocenters. The van der Waals surface area contributed by atoms with Gasteiger partial charge in [-0.05, 0) is 12.1 Å². The second-order valence-corrected chi connectivity index (χ2v) is 4.41. The zero-order valence-corrected chi connectivity index (χ0v) is 7.92. The summed E-state index contributed by atoms with van der Waals surface area (Å²) in [6, 6.07) is 2.14. The van der Waals surface area contributed by atoms with Gasteiger partial charge in [-0.2, -0.15) is 0 Å². The van der Waals surface area contributed by atoms with Crippen LogP contribution in [0.2, 0.25) is 0 Å². The van der Waals surface area contributed by atoms with Gasteiger partial charge in [0.25, 0.3) is 10.0 Å². The Morgan fingerprint density at radius 3 is 2.36 bits per heavy atom. The molecule has 0 heterocycles. The Balaban J connectivity index is 3.21. The molecule has 0 saturated heterocycles. The maximum Gasteiger partial charge on any atom is 0.254 e. The molecule has 14 heavy (non-hydrogen) atoms. The third kappa shape index (κ3) is 2.18. The maximum atomic E-state index is 12.9. The van der Waals surface area contributed by atoms with E-state index in [-0.39, 0.29) is 4.47 Å². The van der Waals surface area contributed by atoms with Crippen LogP contribution in [0.3, 0.4) is 0 Å². The first kappa shape index (κ1) is 10.9. The summed E-state index contributed by atoms with van der Waals surface area (Å²) in [5.74, 6) is -2.01. The molecule has 1 N–H and O–H groups in total. The lowest BCUT2D eigenvalue weighted by molar-refractivity contribution is 0.312. The normalized spacial score (nSPS) is 11.4. The second kappa shape index (κ2) is 3.50. The Morgan fingerprint density at radius 2 is 1.93 bits per heavy atom. The van der Waals surface area contributed by atoms with E-state index in [1.54, 1.807) is 0 Å². The van der Waals surface area contributed by atoms with E-state index in [2.05, 4.69) is 0 Å². The highest BCUT2D eigenvalue weighted by atomic mass is 32.2. The lowest BCUT2D eigenvalue weighted by atomic mass is 10.3. The van der Waals surface area contributed by atoms with E-state index < -0.39 is 27.3 Å². The van der Waals surface area contributed by atoms with Gasteiger partial charge in [-0.15, -0.1) is 4.47 Å². The molecule has 7 heteroatoms. The smallest absolute Gasteiger partial charge is 0.254 e. The number of nitrogens with zero attached hydrogens (tertiary/aromatic N) is 1. The van der Waals surface area contributed by atoms with Crippen molar-refractivity contribution in [1.82, 2.24) is 0 Å². The second-order valence-electron chi connectivity index (χ2n) is 2.60. The molecule has 0 aromatic heterocycles. The number of hydrogen-bond acceptors (Lipinski definition) is 3. The van der Waals surface area contributed by atoms with Crippen molar-refractivity contribution < 1.29 is 22.4 Å². The minimum absolute atomic E-state index is 0.248. The number of sulfonamides is 1. The third-order valence-corrected chi connectivity index (χ3v) is 2.25. The van der Waals surface area contributed by atoms with Crippen molar-refractivity contribution >= 4 is 15.7 Å². The van der Waals surface area contributed by atoms with Gasteiger partial charge in [0.1, 0.15) is 11.5 Å². The standard InChI is InChI=1S/C7H7F2NO3S/c1-14(12,13)10(11)7-3-2-5(8)4-6(7)9/h2-4,11H,1H3. The first-order valence-corrected chi connectivity index (χ1v) is 5.31. The minimum Gasteiger partial charge on any atom is -0.274 e. The molecule has 0 aliphatic carbocycles. The number of benzene rings is 1. The molecular formula is C7H7F2NO3S. The van der Waals surface area contributed by atoms with Crippen molar-refractivity contribution in [3.05, 3.63) is 29.8 Å². The average molecular weight is 223 g/mol. The molecule has 0 atom stereocenters. The van der Waals surface area contributed by atoms with E-state index >= 15 is 0 Å².